The molecular formula is C9H14N2O4. The van der Waals surface area contributed by atoms with Gasteiger partial charge < -0.3 is 15.7 Å². The van der Waals surface area contributed by atoms with Crippen molar-refractivity contribution in [2.24, 2.45) is 5.92 Å². The second kappa shape index (κ2) is 5.33. The van der Waals surface area contributed by atoms with Crippen molar-refractivity contribution in [3.05, 3.63) is 0 Å². The molecule has 0 atom stereocenters. The van der Waals surface area contributed by atoms with E-state index in [1.54, 1.807) is 0 Å². The molecule has 0 radical (unpaired) electrons. The van der Waals surface area contributed by atoms with Crippen LogP contribution in [0.1, 0.15) is 19.3 Å². The first-order valence-electron chi connectivity index (χ1n) is 4.86. The van der Waals surface area contributed by atoms with Crippen molar-refractivity contribution in [3.8, 4) is 0 Å². The van der Waals surface area contributed by atoms with Gasteiger partial charge in [-0.15, -0.1) is 0 Å². The van der Waals surface area contributed by atoms with Crippen LogP contribution in [-0.4, -0.2) is 36.0 Å². The van der Waals surface area contributed by atoms with E-state index in [1.807, 2.05) is 0 Å². The molecule has 1 fully saturated rings. The topological polar surface area (TPSA) is 95.5 Å². The molecular weight excluding hydrogens is 200 g/mol. The third-order valence-corrected chi connectivity index (χ3v) is 2.34. The normalized spacial score (nSPS) is 15.2. The molecule has 0 saturated heterocycles. The smallest absolute Gasteiger partial charge is 0.322 e. The molecule has 0 aromatic rings. The largest absolute Gasteiger partial charge is 0.480 e. The lowest BCUT2D eigenvalue weighted by Gasteiger charge is -2.23. The van der Waals surface area contributed by atoms with Gasteiger partial charge in [0.15, 0.2) is 0 Å². The Morgan fingerprint density at radius 3 is 2.27 bits per heavy atom. The van der Waals surface area contributed by atoms with E-state index in [9.17, 15) is 14.4 Å². The van der Waals surface area contributed by atoms with E-state index < -0.39 is 18.4 Å². The zero-order valence-corrected chi connectivity index (χ0v) is 8.28. The van der Waals surface area contributed by atoms with E-state index in [4.69, 9.17) is 5.11 Å². The molecule has 0 unspecified atom stereocenters. The second-order valence-corrected chi connectivity index (χ2v) is 3.52. The SMILES string of the molecule is O=C(O)CNC(=O)CNC(=O)C1CCC1. The molecule has 6 heteroatoms. The summed E-state index contributed by atoms with van der Waals surface area (Å²) in [6.07, 6.45) is 2.81. The van der Waals surface area contributed by atoms with E-state index in [0.717, 1.165) is 19.3 Å². The van der Waals surface area contributed by atoms with Crippen LogP contribution in [0, 0.1) is 5.92 Å². The maximum absolute atomic E-state index is 11.3. The highest BCUT2D eigenvalue weighted by atomic mass is 16.4. The van der Waals surface area contributed by atoms with E-state index in [2.05, 4.69) is 10.6 Å². The van der Waals surface area contributed by atoms with Crippen molar-refractivity contribution in [1.29, 1.82) is 0 Å². The third kappa shape index (κ3) is 3.97. The Labute approximate surface area is 87.0 Å². The first kappa shape index (κ1) is 11.5. The van der Waals surface area contributed by atoms with Gasteiger partial charge in [0.1, 0.15) is 6.54 Å². The molecule has 1 saturated carbocycles. The Hall–Kier alpha value is -1.59. The number of amides is 2. The summed E-state index contributed by atoms with van der Waals surface area (Å²) in [5.74, 6) is -1.66. The molecule has 84 valence electrons. The minimum Gasteiger partial charge on any atom is -0.480 e. The number of carboxylic acid groups (broad SMARTS) is 1. The number of nitrogens with one attached hydrogen (secondary N) is 2. The average molecular weight is 214 g/mol. The van der Waals surface area contributed by atoms with Crippen molar-refractivity contribution < 1.29 is 19.5 Å². The Balaban J connectivity index is 2.10. The van der Waals surface area contributed by atoms with E-state index in [0.29, 0.717) is 0 Å². The molecule has 0 bridgehead atoms. The van der Waals surface area contributed by atoms with Gasteiger partial charge in [0.2, 0.25) is 11.8 Å². The minimum absolute atomic E-state index is 0.0391. The van der Waals surface area contributed by atoms with E-state index in [1.165, 1.54) is 0 Å². The van der Waals surface area contributed by atoms with Gasteiger partial charge in [0, 0.05) is 5.92 Å². The van der Waals surface area contributed by atoms with Crippen molar-refractivity contribution in [2.45, 2.75) is 19.3 Å². The van der Waals surface area contributed by atoms with Gasteiger partial charge in [-0.2, -0.15) is 0 Å². The van der Waals surface area contributed by atoms with Gasteiger partial charge in [-0.25, -0.2) is 0 Å². The number of carbonyl (C=O) groups excluding carboxylic acids is 2. The summed E-state index contributed by atoms with van der Waals surface area (Å²) in [7, 11) is 0. The molecule has 15 heavy (non-hydrogen) atoms. The number of hydrogen-bond acceptors (Lipinski definition) is 3. The average Bonchev–Trinajstić information content (AvgIpc) is 2.08. The lowest BCUT2D eigenvalue weighted by molar-refractivity contribution is -0.137. The van der Waals surface area contributed by atoms with Crippen LogP contribution in [0.15, 0.2) is 0 Å². The van der Waals surface area contributed by atoms with Crippen LogP contribution in [-0.2, 0) is 14.4 Å². The van der Waals surface area contributed by atoms with Crippen LogP contribution < -0.4 is 10.6 Å². The lowest BCUT2D eigenvalue weighted by atomic mass is 9.85. The zero-order valence-electron chi connectivity index (χ0n) is 8.28. The number of hydrogen-bond donors (Lipinski definition) is 3. The predicted molar refractivity (Wildman–Crippen MR) is 51.0 cm³/mol. The highest BCUT2D eigenvalue weighted by Crippen LogP contribution is 2.25. The van der Waals surface area contributed by atoms with E-state index >= 15 is 0 Å². The summed E-state index contributed by atoms with van der Waals surface area (Å²) in [6.45, 7) is -0.569. The molecule has 1 aliphatic carbocycles. The number of carboxylic acids is 1. The van der Waals surface area contributed by atoms with Crippen LogP contribution in [0.4, 0.5) is 0 Å². The molecule has 0 aromatic carbocycles. The van der Waals surface area contributed by atoms with Crippen LogP contribution in [0.5, 0.6) is 0 Å². The van der Waals surface area contributed by atoms with Gasteiger partial charge in [-0.05, 0) is 12.8 Å². The first-order chi connectivity index (χ1) is 7.09. The second-order valence-electron chi connectivity index (χ2n) is 3.52. The first-order valence-corrected chi connectivity index (χ1v) is 4.86. The molecule has 1 aliphatic rings. The highest BCUT2D eigenvalue weighted by molar-refractivity contribution is 5.87. The summed E-state index contributed by atoms with van der Waals surface area (Å²) in [5.41, 5.74) is 0. The summed E-state index contributed by atoms with van der Waals surface area (Å²) < 4.78 is 0. The molecule has 0 aliphatic heterocycles. The third-order valence-electron chi connectivity index (χ3n) is 2.34. The maximum Gasteiger partial charge on any atom is 0.322 e. The van der Waals surface area contributed by atoms with Gasteiger partial charge in [-0.1, -0.05) is 6.42 Å². The van der Waals surface area contributed by atoms with Crippen molar-refractivity contribution in [3.63, 3.8) is 0 Å². The fourth-order valence-electron chi connectivity index (χ4n) is 1.22. The molecule has 0 aromatic heterocycles. The van der Waals surface area contributed by atoms with Crippen LogP contribution in [0.3, 0.4) is 0 Å². The fourth-order valence-corrected chi connectivity index (χ4v) is 1.22. The number of carbonyl (C=O) groups is 3. The van der Waals surface area contributed by atoms with Gasteiger partial charge in [0.25, 0.3) is 0 Å². The van der Waals surface area contributed by atoms with Crippen LogP contribution >= 0.6 is 0 Å². The Morgan fingerprint density at radius 1 is 1.13 bits per heavy atom. The van der Waals surface area contributed by atoms with Crippen molar-refractivity contribution >= 4 is 17.8 Å². The number of rotatable bonds is 5. The zero-order chi connectivity index (χ0) is 11.3. The Kier molecular flexibility index (Phi) is 4.08. The predicted octanol–water partition coefficient (Wildman–Crippen LogP) is -0.897. The summed E-state index contributed by atoms with van der Waals surface area (Å²) in [4.78, 5) is 32.4. The Morgan fingerprint density at radius 2 is 1.80 bits per heavy atom. The molecule has 6 nitrogen and oxygen atoms in total. The standard InChI is InChI=1S/C9H14N2O4/c12-7(10-5-8(13)14)4-11-9(15)6-2-1-3-6/h6H,1-5H2,(H,10,12)(H,11,15)(H,13,14). The number of aliphatic carboxylic acids is 1. The molecule has 2 amide bonds. The van der Waals surface area contributed by atoms with Gasteiger partial charge in [-0.3, -0.25) is 14.4 Å². The molecule has 3 N–H and O–H groups in total. The summed E-state index contributed by atoms with van der Waals surface area (Å²) in [6, 6.07) is 0. The van der Waals surface area contributed by atoms with Crippen molar-refractivity contribution in [1.82, 2.24) is 10.6 Å². The minimum atomic E-state index is -1.10. The Bertz CT molecular complexity index is 273. The van der Waals surface area contributed by atoms with E-state index in [-0.39, 0.29) is 18.4 Å². The summed E-state index contributed by atoms with van der Waals surface area (Å²) in [5, 5.41) is 12.9. The monoisotopic (exact) mass is 214 g/mol. The lowest BCUT2D eigenvalue weighted by Crippen LogP contribution is -2.42. The quantitative estimate of drug-likeness (QED) is 0.553. The fraction of sp³-hybridized carbons (Fsp3) is 0.667. The highest BCUT2D eigenvalue weighted by Gasteiger charge is 2.25. The maximum atomic E-state index is 11.3. The molecule has 0 spiro atoms. The van der Waals surface area contributed by atoms with Crippen LogP contribution in [0.2, 0.25) is 0 Å². The van der Waals surface area contributed by atoms with Crippen molar-refractivity contribution in [2.75, 3.05) is 13.1 Å². The van der Waals surface area contributed by atoms with Gasteiger partial charge in [0.05, 0.1) is 6.54 Å². The van der Waals surface area contributed by atoms with Crippen LogP contribution in [0.25, 0.3) is 0 Å². The van der Waals surface area contributed by atoms with Gasteiger partial charge >= 0.3 is 5.97 Å². The molecule has 0 heterocycles. The molecule has 1 rings (SSSR count). The summed E-state index contributed by atoms with van der Waals surface area (Å²) >= 11 is 0.